The van der Waals surface area contributed by atoms with E-state index in [-0.39, 0.29) is 44.9 Å². The van der Waals surface area contributed by atoms with E-state index < -0.39 is 73.8 Å². The zero-order chi connectivity index (χ0) is 36.6. The molecule has 0 atom stereocenters. The van der Waals surface area contributed by atoms with Crippen LogP contribution in [-0.2, 0) is 35.1 Å². The first kappa shape index (κ1) is 36.6. The molecule has 4 aromatic rings. The van der Waals surface area contributed by atoms with E-state index in [1.54, 1.807) is 0 Å². The fourth-order valence-corrected chi connectivity index (χ4v) is 6.58. The molecule has 0 heterocycles. The smallest absolute Gasteiger partial charge is 0.296 e. The molecule has 0 aliphatic rings. The number of amides is 1. The van der Waals surface area contributed by atoms with Gasteiger partial charge in [0.15, 0.2) is 5.75 Å². The summed E-state index contributed by atoms with van der Waals surface area (Å²) in [5.74, 6) is -1.33. The molecular formula is C27H26N6O13S3. The van der Waals surface area contributed by atoms with Crippen molar-refractivity contribution < 1.29 is 58.3 Å². The van der Waals surface area contributed by atoms with Crippen LogP contribution in [0.25, 0.3) is 10.8 Å². The van der Waals surface area contributed by atoms with Gasteiger partial charge in [0.25, 0.3) is 30.4 Å². The molecule has 19 nitrogen and oxygen atoms in total. The molecule has 260 valence electrons. The van der Waals surface area contributed by atoms with Gasteiger partial charge in [-0.25, -0.2) is 0 Å². The first-order valence-corrected chi connectivity index (χ1v) is 17.5. The molecule has 4 aromatic carbocycles. The Kier molecular flexibility index (Phi) is 9.95. The number of rotatable bonds is 10. The molecule has 0 bridgehead atoms. The second kappa shape index (κ2) is 13.3. The highest BCUT2D eigenvalue weighted by Gasteiger charge is 2.28. The summed E-state index contributed by atoms with van der Waals surface area (Å²) in [7, 11) is -12.8. The van der Waals surface area contributed by atoms with Gasteiger partial charge >= 0.3 is 0 Å². The molecule has 0 spiro atoms. The SMILES string of the molecule is COc1cc(N=Nc2c(S(=O)(=O)O)cc3cc(S(=O)(=O)O)c(N=Nc4ccc(NC(C)=O)cc4S(=O)(=O)O)c(C)c3c2O)c(OC)cc1N. The van der Waals surface area contributed by atoms with Gasteiger partial charge in [0.05, 0.1) is 19.9 Å². The summed E-state index contributed by atoms with van der Waals surface area (Å²) in [6, 6.07) is 7.15. The van der Waals surface area contributed by atoms with Crippen molar-refractivity contribution in [2.75, 3.05) is 25.3 Å². The number of nitrogens with zero attached hydrogens (tertiary/aromatic N) is 4. The summed E-state index contributed by atoms with van der Waals surface area (Å²) >= 11 is 0. The number of fused-ring (bicyclic) bond motifs is 1. The minimum atomic E-state index is -5.19. The molecule has 22 heteroatoms. The molecular weight excluding hydrogens is 713 g/mol. The Bertz CT molecular complexity index is 2430. The molecule has 4 rings (SSSR count). The predicted molar refractivity (Wildman–Crippen MR) is 173 cm³/mol. The Morgan fingerprint density at radius 3 is 1.80 bits per heavy atom. The Morgan fingerprint density at radius 2 is 1.27 bits per heavy atom. The number of benzene rings is 4. The summed E-state index contributed by atoms with van der Waals surface area (Å²) in [6.07, 6.45) is 0. The van der Waals surface area contributed by atoms with Crippen LogP contribution < -0.4 is 20.5 Å². The average molecular weight is 739 g/mol. The maximum absolute atomic E-state index is 12.4. The van der Waals surface area contributed by atoms with Gasteiger partial charge < -0.3 is 25.6 Å². The lowest BCUT2D eigenvalue weighted by Crippen LogP contribution is -2.07. The highest BCUT2D eigenvalue weighted by Crippen LogP contribution is 2.47. The first-order chi connectivity index (χ1) is 22.7. The molecule has 0 aromatic heterocycles. The maximum atomic E-state index is 12.4. The van der Waals surface area contributed by atoms with E-state index in [0.29, 0.717) is 6.07 Å². The summed E-state index contributed by atoms with van der Waals surface area (Å²) in [6.45, 7) is 2.34. The van der Waals surface area contributed by atoms with Gasteiger partial charge in [0.1, 0.15) is 48.9 Å². The van der Waals surface area contributed by atoms with E-state index in [0.717, 1.165) is 25.1 Å². The van der Waals surface area contributed by atoms with Crippen molar-refractivity contribution in [3.8, 4) is 17.2 Å². The molecule has 0 unspecified atom stereocenters. The van der Waals surface area contributed by atoms with Gasteiger partial charge in [-0.2, -0.15) is 25.3 Å². The van der Waals surface area contributed by atoms with Crippen LogP contribution in [0.2, 0.25) is 0 Å². The number of nitrogens with one attached hydrogen (secondary N) is 1. The monoisotopic (exact) mass is 738 g/mol. The van der Waals surface area contributed by atoms with E-state index in [1.165, 1.54) is 39.3 Å². The predicted octanol–water partition coefficient (Wildman–Crippen LogP) is 4.98. The number of ether oxygens (including phenoxy) is 2. The van der Waals surface area contributed by atoms with Crippen molar-refractivity contribution >= 4 is 81.2 Å². The highest BCUT2D eigenvalue weighted by molar-refractivity contribution is 7.86. The summed E-state index contributed by atoms with van der Waals surface area (Å²) in [5.41, 5.74) is 3.65. The zero-order valence-corrected chi connectivity index (χ0v) is 28.0. The van der Waals surface area contributed by atoms with Gasteiger partial charge in [-0.3, -0.25) is 18.5 Å². The van der Waals surface area contributed by atoms with Crippen LogP contribution in [0.5, 0.6) is 17.2 Å². The number of aromatic hydroxyl groups is 1. The van der Waals surface area contributed by atoms with Crippen molar-refractivity contribution in [2.24, 2.45) is 20.5 Å². The number of hydrogen-bond donors (Lipinski definition) is 6. The second-order valence-electron chi connectivity index (χ2n) is 9.97. The summed E-state index contributed by atoms with van der Waals surface area (Å²) in [4.78, 5) is 8.58. The topological polar surface area (TPSA) is 306 Å². The van der Waals surface area contributed by atoms with Crippen LogP contribution in [0.3, 0.4) is 0 Å². The normalized spacial score (nSPS) is 12.6. The lowest BCUT2D eigenvalue weighted by molar-refractivity contribution is -0.114. The van der Waals surface area contributed by atoms with E-state index in [9.17, 15) is 48.8 Å². The maximum Gasteiger partial charge on any atom is 0.296 e. The summed E-state index contributed by atoms with van der Waals surface area (Å²) < 4.78 is 114. The van der Waals surface area contributed by atoms with Crippen LogP contribution in [-0.4, -0.2) is 64.1 Å². The number of methoxy groups -OCH3 is 2. The largest absolute Gasteiger partial charge is 0.505 e. The van der Waals surface area contributed by atoms with Gasteiger partial charge in [0.2, 0.25) is 5.91 Å². The molecule has 0 radical (unpaired) electrons. The fourth-order valence-electron chi connectivity index (χ4n) is 4.56. The third kappa shape index (κ3) is 7.74. The molecule has 49 heavy (non-hydrogen) atoms. The molecule has 0 saturated heterocycles. The Hall–Kier alpha value is -5.26. The standard InChI is InChI=1S/C27H26N6O13S3/c1-12-24-14(8-23(49(42,43)44)26(27(24)35)33-31-18-11-19(45-3)16(28)10-20(18)46-4)7-22(48(39,40)41)25(12)32-30-17-6-5-15(29-13(2)34)9-21(17)47(36,37)38/h5-11,35H,28H2,1-4H3,(H,29,34)(H,36,37,38)(H,39,40,41)(H,42,43,44). The van der Waals surface area contributed by atoms with E-state index >= 15 is 0 Å². The van der Waals surface area contributed by atoms with Gasteiger partial charge in [-0.05, 0) is 48.2 Å². The van der Waals surface area contributed by atoms with E-state index in [4.69, 9.17) is 15.2 Å². The fraction of sp³-hybridized carbons (Fsp3) is 0.148. The number of phenolic OH excluding ortho intramolecular Hbond substituents is 1. The minimum Gasteiger partial charge on any atom is -0.505 e. The highest BCUT2D eigenvalue weighted by atomic mass is 32.2. The second-order valence-corrected chi connectivity index (χ2v) is 14.1. The minimum absolute atomic E-state index is 0.0455. The number of hydrogen-bond acceptors (Lipinski definition) is 15. The Labute approximate surface area is 278 Å². The lowest BCUT2D eigenvalue weighted by atomic mass is 10.0. The average Bonchev–Trinajstić information content (AvgIpc) is 2.98. The number of anilines is 2. The van der Waals surface area contributed by atoms with Crippen LogP contribution in [0.1, 0.15) is 12.5 Å². The Morgan fingerprint density at radius 1 is 0.735 bits per heavy atom. The molecule has 0 aliphatic carbocycles. The van der Waals surface area contributed by atoms with Crippen LogP contribution >= 0.6 is 0 Å². The van der Waals surface area contributed by atoms with Crippen LogP contribution in [0.15, 0.2) is 77.6 Å². The van der Waals surface area contributed by atoms with Gasteiger partial charge in [0, 0.05) is 30.1 Å². The summed E-state index contributed by atoms with van der Waals surface area (Å²) in [5, 5.41) is 28.3. The lowest BCUT2D eigenvalue weighted by Gasteiger charge is -2.14. The molecule has 7 N–H and O–H groups in total. The Balaban J connectivity index is 2.03. The number of carbonyl (C=O) groups excluding carboxylic acids is 1. The number of aryl methyl sites for hydroxylation is 1. The number of azo groups is 2. The van der Waals surface area contributed by atoms with Gasteiger partial charge in [-0.15, -0.1) is 20.5 Å². The number of carbonyl (C=O) groups is 1. The van der Waals surface area contributed by atoms with Gasteiger partial charge in [-0.1, -0.05) is 0 Å². The zero-order valence-electron chi connectivity index (χ0n) is 25.6. The van der Waals surface area contributed by atoms with E-state index in [2.05, 4.69) is 25.8 Å². The first-order valence-electron chi connectivity index (χ1n) is 13.2. The van der Waals surface area contributed by atoms with Crippen molar-refractivity contribution in [1.29, 1.82) is 0 Å². The third-order valence-corrected chi connectivity index (χ3v) is 9.30. The molecule has 0 saturated carbocycles. The molecule has 1 amide bonds. The molecule has 0 fully saturated rings. The molecule has 0 aliphatic heterocycles. The van der Waals surface area contributed by atoms with Crippen molar-refractivity contribution in [2.45, 2.75) is 28.5 Å². The van der Waals surface area contributed by atoms with Crippen LogP contribution in [0, 0.1) is 6.92 Å². The number of phenols is 1. The van der Waals surface area contributed by atoms with Crippen molar-refractivity contribution in [3.05, 3.63) is 48.0 Å². The quantitative estimate of drug-likeness (QED) is 0.0710. The number of nitrogen functional groups attached to an aromatic ring is 1. The van der Waals surface area contributed by atoms with E-state index in [1.807, 2.05) is 0 Å². The van der Waals surface area contributed by atoms with Crippen molar-refractivity contribution in [3.63, 3.8) is 0 Å². The van der Waals surface area contributed by atoms with Crippen LogP contribution in [0.4, 0.5) is 34.1 Å². The van der Waals surface area contributed by atoms with Crippen molar-refractivity contribution in [1.82, 2.24) is 0 Å². The number of nitrogens with two attached hydrogens (primary N) is 1. The third-order valence-electron chi connectivity index (χ3n) is 6.68.